The van der Waals surface area contributed by atoms with E-state index in [1.807, 2.05) is 44.2 Å². The van der Waals surface area contributed by atoms with E-state index in [4.69, 9.17) is 4.74 Å². The van der Waals surface area contributed by atoms with E-state index >= 15 is 0 Å². The van der Waals surface area contributed by atoms with Crippen molar-refractivity contribution in [2.24, 2.45) is 22.7 Å². The van der Waals surface area contributed by atoms with Gasteiger partial charge in [0.15, 0.2) is 0 Å². The lowest BCUT2D eigenvalue weighted by molar-refractivity contribution is -0.185. The Morgan fingerprint density at radius 2 is 1.77 bits per heavy atom. The van der Waals surface area contributed by atoms with E-state index in [1.54, 1.807) is 0 Å². The molecule has 2 amide bonds. The Morgan fingerprint density at radius 3 is 2.45 bits per heavy atom. The molecule has 7 nitrogen and oxygen atoms in total. The lowest BCUT2D eigenvalue weighted by Gasteiger charge is -2.60. The Morgan fingerprint density at radius 1 is 1.05 bits per heavy atom. The standard InChI is InChI=1S/C30H37F3N2O5/c1-28-14-13-25(40-27(39)35-21-10-6-9-20(15-21)30(31,32)33)29(2,18-36)24(28)12-11-23(37)22(28)16-26(38)34-17-19-7-4-3-5-8-19/h3-10,15,22-25,36-37H,11-14,16-18H2,1-2H3,(H,34,38)(H,35,39). The first-order valence-corrected chi connectivity index (χ1v) is 13.6. The first-order chi connectivity index (χ1) is 18.9. The van der Waals surface area contributed by atoms with E-state index in [1.165, 1.54) is 12.1 Å². The number of anilines is 1. The molecule has 6 atom stereocenters. The summed E-state index contributed by atoms with van der Waals surface area (Å²) < 4.78 is 44.9. The van der Waals surface area contributed by atoms with Gasteiger partial charge in [0.1, 0.15) is 6.10 Å². The van der Waals surface area contributed by atoms with E-state index in [0.29, 0.717) is 32.2 Å². The zero-order valence-corrected chi connectivity index (χ0v) is 22.7. The minimum Gasteiger partial charge on any atom is -0.445 e. The Hall–Kier alpha value is -3.11. The second kappa shape index (κ2) is 11.8. The van der Waals surface area contributed by atoms with Gasteiger partial charge in [0.25, 0.3) is 0 Å². The van der Waals surface area contributed by atoms with Gasteiger partial charge in [-0.3, -0.25) is 10.1 Å². The largest absolute Gasteiger partial charge is 0.445 e. The minimum absolute atomic E-state index is 0.0476. The average molecular weight is 563 g/mol. The maximum Gasteiger partial charge on any atom is 0.416 e. The number of aliphatic hydroxyl groups is 2. The highest BCUT2D eigenvalue weighted by Gasteiger charge is 2.60. The molecule has 2 aromatic carbocycles. The number of amides is 2. The van der Waals surface area contributed by atoms with E-state index in [0.717, 1.165) is 17.7 Å². The molecule has 2 aliphatic rings. The predicted octanol–water partition coefficient (Wildman–Crippen LogP) is 5.51. The number of hydrogen-bond acceptors (Lipinski definition) is 5. The normalized spacial score (nSPS) is 30.2. The maximum atomic E-state index is 13.1. The highest BCUT2D eigenvalue weighted by atomic mass is 19.4. The molecular formula is C30H37F3N2O5. The number of carbonyl (C=O) groups excluding carboxylic acids is 2. The van der Waals surface area contributed by atoms with Crippen molar-refractivity contribution < 1.29 is 37.7 Å². The molecule has 4 N–H and O–H groups in total. The van der Waals surface area contributed by atoms with Crippen LogP contribution in [0.5, 0.6) is 0 Å². The number of alkyl halides is 3. The number of ether oxygens (including phenoxy) is 1. The Balaban J connectivity index is 1.45. The van der Waals surface area contributed by atoms with Gasteiger partial charge < -0.3 is 20.3 Å². The third kappa shape index (κ3) is 6.28. The molecule has 218 valence electrons. The third-order valence-corrected chi connectivity index (χ3v) is 9.10. The molecule has 10 heteroatoms. The van der Waals surface area contributed by atoms with E-state index in [9.17, 15) is 33.0 Å². The summed E-state index contributed by atoms with van der Waals surface area (Å²) in [5.41, 5.74) is -1.35. The van der Waals surface area contributed by atoms with Crippen molar-refractivity contribution >= 4 is 17.7 Å². The lowest BCUT2D eigenvalue weighted by atomic mass is 9.46. The molecule has 0 heterocycles. The van der Waals surface area contributed by atoms with Crippen molar-refractivity contribution in [1.29, 1.82) is 0 Å². The van der Waals surface area contributed by atoms with Gasteiger partial charge in [-0.2, -0.15) is 13.2 Å². The number of carbonyl (C=O) groups is 2. The summed E-state index contributed by atoms with van der Waals surface area (Å²) in [6, 6.07) is 13.8. The fraction of sp³-hybridized carbons (Fsp3) is 0.533. The van der Waals surface area contributed by atoms with Crippen molar-refractivity contribution in [2.45, 2.75) is 70.9 Å². The number of benzene rings is 2. The van der Waals surface area contributed by atoms with Crippen LogP contribution in [0.4, 0.5) is 23.7 Å². The number of halogens is 3. The number of hydrogen-bond donors (Lipinski definition) is 4. The SMILES string of the molecule is CC1(CO)C(OC(=O)Nc2cccc(C(F)(F)F)c2)CCC2(C)C(CC(=O)NCc3ccccc3)C(O)CCC12. The van der Waals surface area contributed by atoms with Crippen LogP contribution in [0.25, 0.3) is 0 Å². The van der Waals surface area contributed by atoms with E-state index in [2.05, 4.69) is 10.6 Å². The highest BCUT2D eigenvalue weighted by Crippen LogP contribution is 2.61. The van der Waals surface area contributed by atoms with Crippen LogP contribution < -0.4 is 10.6 Å². The van der Waals surface area contributed by atoms with Crippen molar-refractivity contribution in [2.75, 3.05) is 11.9 Å². The second-order valence-corrected chi connectivity index (χ2v) is 11.6. The summed E-state index contributed by atoms with van der Waals surface area (Å²) in [5.74, 6) is -0.687. The summed E-state index contributed by atoms with van der Waals surface area (Å²) in [7, 11) is 0. The topological polar surface area (TPSA) is 108 Å². The average Bonchev–Trinajstić information content (AvgIpc) is 2.91. The molecule has 2 fully saturated rings. The van der Waals surface area contributed by atoms with E-state index in [-0.39, 0.29) is 36.5 Å². The molecule has 0 aromatic heterocycles. The van der Waals surface area contributed by atoms with Crippen LogP contribution >= 0.6 is 0 Å². The quantitative estimate of drug-likeness (QED) is 0.356. The zero-order valence-electron chi connectivity index (χ0n) is 22.7. The van der Waals surface area contributed by atoms with Crippen molar-refractivity contribution in [3.05, 3.63) is 65.7 Å². The molecule has 2 aliphatic carbocycles. The molecule has 40 heavy (non-hydrogen) atoms. The first kappa shape index (κ1) is 29.9. The van der Waals surface area contributed by atoms with Gasteiger partial charge >= 0.3 is 12.3 Å². The molecule has 0 bridgehead atoms. The Bertz CT molecular complexity index is 1190. The smallest absolute Gasteiger partial charge is 0.416 e. The molecule has 0 saturated heterocycles. The van der Waals surface area contributed by atoms with E-state index < -0.39 is 40.9 Å². The van der Waals surface area contributed by atoms with Crippen LogP contribution in [0.1, 0.15) is 57.1 Å². The van der Waals surface area contributed by atoms with Gasteiger partial charge in [0, 0.05) is 24.1 Å². The van der Waals surface area contributed by atoms with Crippen LogP contribution in [0, 0.1) is 22.7 Å². The first-order valence-electron chi connectivity index (χ1n) is 13.6. The molecule has 0 aliphatic heterocycles. The summed E-state index contributed by atoms with van der Waals surface area (Å²) in [6.07, 6.45) is -4.79. The van der Waals surface area contributed by atoms with Crippen molar-refractivity contribution in [3.8, 4) is 0 Å². The maximum absolute atomic E-state index is 13.1. The fourth-order valence-electron chi connectivity index (χ4n) is 6.90. The number of nitrogens with one attached hydrogen (secondary N) is 2. The van der Waals surface area contributed by atoms with Gasteiger partial charge in [-0.05, 0) is 66.7 Å². The second-order valence-electron chi connectivity index (χ2n) is 11.6. The van der Waals surface area contributed by atoms with Gasteiger partial charge in [0.05, 0.1) is 18.3 Å². The van der Waals surface area contributed by atoms with Crippen LogP contribution in [0.15, 0.2) is 54.6 Å². The molecule has 0 radical (unpaired) electrons. The monoisotopic (exact) mass is 562 g/mol. The van der Waals surface area contributed by atoms with Crippen LogP contribution in [0.3, 0.4) is 0 Å². The lowest BCUT2D eigenvalue weighted by Crippen LogP contribution is -2.61. The number of aliphatic hydroxyl groups excluding tert-OH is 2. The van der Waals surface area contributed by atoms with Gasteiger partial charge in [-0.1, -0.05) is 50.2 Å². The molecular weight excluding hydrogens is 525 g/mol. The van der Waals surface area contributed by atoms with Gasteiger partial charge in [-0.15, -0.1) is 0 Å². The number of fused-ring (bicyclic) bond motifs is 1. The minimum atomic E-state index is -4.55. The summed E-state index contributed by atoms with van der Waals surface area (Å²) in [4.78, 5) is 25.7. The molecule has 0 spiro atoms. The van der Waals surface area contributed by atoms with Crippen LogP contribution in [0.2, 0.25) is 0 Å². The Labute approximate surface area is 232 Å². The third-order valence-electron chi connectivity index (χ3n) is 9.10. The zero-order chi connectivity index (χ0) is 29.1. The summed E-state index contributed by atoms with van der Waals surface area (Å²) in [5, 5.41) is 26.9. The Kier molecular flexibility index (Phi) is 8.80. The molecule has 2 aromatic rings. The van der Waals surface area contributed by atoms with Crippen LogP contribution in [-0.2, 0) is 22.3 Å². The summed E-state index contributed by atoms with van der Waals surface area (Å²) in [6.45, 7) is 3.95. The van der Waals surface area contributed by atoms with Gasteiger partial charge in [0.2, 0.25) is 5.91 Å². The van der Waals surface area contributed by atoms with Crippen LogP contribution in [-0.4, -0.2) is 41.0 Å². The van der Waals surface area contributed by atoms with Crippen molar-refractivity contribution in [1.82, 2.24) is 5.32 Å². The predicted molar refractivity (Wildman–Crippen MR) is 143 cm³/mol. The molecule has 4 rings (SSSR count). The fourth-order valence-corrected chi connectivity index (χ4v) is 6.90. The molecule has 2 saturated carbocycles. The highest BCUT2D eigenvalue weighted by molar-refractivity contribution is 5.84. The van der Waals surface area contributed by atoms with Gasteiger partial charge in [-0.25, -0.2) is 4.79 Å². The van der Waals surface area contributed by atoms with Crippen molar-refractivity contribution in [3.63, 3.8) is 0 Å². The summed E-state index contributed by atoms with van der Waals surface area (Å²) >= 11 is 0. The molecule has 6 unspecified atom stereocenters. The number of rotatable bonds is 7.